The topological polar surface area (TPSA) is 80.2 Å². The molecule has 2 aromatic heterocycles. The Morgan fingerprint density at radius 2 is 1.37 bits per heavy atom. The number of aryl methyl sites for hydroxylation is 2. The summed E-state index contributed by atoms with van der Waals surface area (Å²) in [6.07, 6.45) is 0. The van der Waals surface area contributed by atoms with Crippen LogP contribution in [0.1, 0.15) is 28.0 Å². The van der Waals surface area contributed by atoms with E-state index in [1.807, 2.05) is 0 Å². The molecule has 100 valence electrons. The minimum absolute atomic E-state index is 0.264. The molecule has 19 heavy (non-hydrogen) atoms. The molecule has 2 heterocycles. The van der Waals surface area contributed by atoms with Gasteiger partial charge in [0.05, 0.1) is 11.4 Å². The number of aromatic nitrogens is 2. The van der Waals surface area contributed by atoms with E-state index in [0.29, 0.717) is 11.4 Å². The molecule has 0 aliphatic heterocycles. The largest absolute Gasteiger partial charge is 0.285 e. The molecule has 0 aromatic carbocycles. The zero-order valence-electron chi connectivity index (χ0n) is 10.6. The highest BCUT2D eigenvalue weighted by atomic mass is 32.2. The molecule has 0 bridgehead atoms. The Morgan fingerprint density at radius 3 is 1.68 bits per heavy atom. The lowest BCUT2D eigenvalue weighted by Crippen LogP contribution is -2.17. The number of hydrogen-bond acceptors (Lipinski definition) is 4. The molecule has 0 aliphatic rings. The van der Waals surface area contributed by atoms with E-state index in [1.165, 1.54) is 0 Å². The van der Waals surface area contributed by atoms with Crippen molar-refractivity contribution >= 4 is 10.1 Å². The second kappa shape index (κ2) is 5.07. The summed E-state index contributed by atoms with van der Waals surface area (Å²) < 4.78 is 32.7. The van der Waals surface area contributed by atoms with Crippen LogP contribution in [-0.2, 0) is 10.1 Å². The van der Waals surface area contributed by atoms with Crippen molar-refractivity contribution < 1.29 is 13.0 Å². The highest BCUT2D eigenvalue weighted by molar-refractivity contribution is 7.86. The van der Waals surface area contributed by atoms with Crippen molar-refractivity contribution in [1.82, 2.24) is 9.97 Å². The molecule has 0 amide bonds. The van der Waals surface area contributed by atoms with Gasteiger partial charge in [-0.2, -0.15) is 8.42 Å². The molecule has 2 aromatic rings. The van der Waals surface area contributed by atoms with E-state index >= 15 is 0 Å². The molecule has 0 fully saturated rings. The first kappa shape index (κ1) is 13.6. The standard InChI is InChI=1S/C13H14N2O3S/c1-9-5-3-7-11(14-9)13(19(16,17)18)12-8-4-6-10(2)15-12/h3-8,13H,1-2H3,(H,16,17,18). The molecule has 0 unspecified atom stereocenters. The third-order valence-corrected chi connectivity index (χ3v) is 3.73. The van der Waals surface area contributed by atoms with Crippen LogP contribution in [0.2, 0.25) is 0 Å². The summed E-state index contributed by atoms with van der Waals surface area (Å²) >= 11 is 0. The maximum absolute atomic E-state index is 11.6. The van der Waals surface area contributed by atoms with Gasteiger partial charge in [-0.05, 0) is 38.1 Å². The van der Waals surface area contributed by atoms with Gasteiger partial charge in [0, 0.05) is 11.4 Å². The average Bonchev–Trinajstić information content (AvgIpc) is 2.27. The van der Waals surface area contributed by atoms with Crippen LogP contribution >= 0.6 is 0 Å². The van der Waals surface area contributed by atoms with Gasteiger partial charge in [-0.1, -0.05) is 12.1 Å². The van der Waals surface area contributed by atoms with Crippen molar-refractivity contribution in [3.05, 3.63) is 59.2 Å². The second-order valence-electron chi connectivity index (χ2n) is 4.30. The Morgan fingerprint density at radius 1 is 0.947 bits per heavy atom. The van der Waals surface area contributed by atoms with Gasteiger partial charge >= 0.3 is 0 Å². The molecule has 5 nitrogen and oxygen atoms in total. The van der Waals surface area contributed by atoms with Gasteiger partial charge in [-0.3, -0.25) is 14.5 Å². The van der Waals surface area contributed by atoms with E-state index in [9.17, 15) is 13.0 Å². The van der Waals surface area contributed by atoms with Gasteiger partial charge in [0.15, 0.2) is 5.25 Å². The summed E-state index contributed by atoms with van der Waals surface area (Å²) in [5, 5.41) is -1.26. The zero-order chi connectivity index (χ0) is 14.0. The van der Waals surface area contributed by atoms with Crippen molar-refractivity contribution in [2.75, 3.05) is 0 Å². The van der Waals surface area contributed by atoms with E-state index in [-0.39, 0.29) is 11.4 Å². The minimum atomic E-state index is -4.33. The molecule has 0 saturated carbocycles. The van der Waals surface area contributed by atoms with Crippen LogP contribution in [0, 0.1) is 13.8 Å². The fraction of sp³-hybridized carbons (Fsp3) is 0.231. The average molecular weight is 278 g/mol. The van der Waals surface area contributed by atoms with Crippen LogP contribution in [-0.4, -0.2) is 22.9 Å². The molecular weight excluding hydrogens is 264 g/mol. The number of hydrogen-bond donors (Lipinski definition) is 1. The van der Waals surface area contributed by atoms with Crippen LogP contribution in [0.4, 0.5) is 0 Å². The van der Waals surface area contributed by atoms with E-state index in [0.717, 1.165) is 0 Å². The number of pyridine rings is 2. The summed E-state index contributed by atoms with van der Waals surface area (Å²) in [7, 11) is -4.33. The Balaban J connectivity index is 2.61. The molecule has 0 aliphatic carbocycles. The lowest BCUT2D eigenvalue weighted by atomic mass is 10.1. The van der Waals surface area contributed by atoms with Crippen LogP contribution in [0.3, 0.4) is 0 Å². The lowest BCUT2D eigenvalue weighted by Gasteiger charge is -2.13. The van der Waals surface area contributed by atoms with Crippen LogP contribution in [0.25, 0.3) is 0 Å². The maximum Gasteiger partial charge on any atom is 0.279 e. The highest BCUT2D eigenvalue weighted by Gasteiger charge is 2.29. The first-order valence-corrected chi connectivity index (χ1v) is 7.21. The fourth-order valence-corrected chi connectivity index (χ4v) is 2.75. The molecule has 0 radical (unpaired) electrons. The van der Waals surface area contributed by atoms with Crippen LogP contribution < -0.4 is 0 Å². The molecular formula is C13H14N2O3S. The van der Waals surface area contributed by atoms with Crippen LogP contribution in [0.5, 0.6) is 0 Å². The quantitative estimate of drug-likeness (QED) is 0.869. The normalized spacial score (nSPS) is 11.8. The first-order valence-electron chi connectivity index (χ1n) is 5.71. The summed E-state index contributed by atoms with van der Waals surface area (Å²) in [5.41, 5.74) is 1.89. The SMILES string of the molecule is Cc1cccc(C(c2cccc(C)n2)S(=O)(=O)O)n1. The second-order valence-corrected chi connectivity index (χ2v) is 5.80. The van der Waals surface area contributed by atoms with Gasteiger partial charge in [0.2, 0.25) is 0 Å². The predicted molar refractivity (Wildman–Crippen MR) is 71.3 cm³/mol. The van der Waals surface area contributed by atoms with Gasteiger partial charge in [0.25, 0.3) is 10.1 Å². The summed E-state index contributed by atoms with van der Waals surface area (Å²) in [5.74, 6) is 0. The third-order valence-electron chi connectivity index (χ3n) is 2.65. The molecule has 0 atom stereocenters. The first-order chi connectivity index (χ1) is 8.88. The number of rotatable bonds is 3. The Labute approximate surface area is 112 Å². The smallest absolute Gasteiger partial charge is 0.279 e. The summed E-state index contributed by atoms with van der Waals surface area (Å²) in [6.45, 7) is 3.52. The van der Waals surface area contributed by atoms with Gasteiger partial charge < -0.3 is 0 Å². The maximum atomic E-state index is 11.6. The highest BCUT2D eigenvalue weighted by Crippen LogP contribution is 2.27. The molecule has 2 rings (SSSR count). The van der Waals surface area contributed by atoms with E-state index in [1.54, 1.807) is 50.2 Å². The molecule has 0 spiro atoms. The van der Waals surface area contributed by atoms with Crippen molar-refractivity contribution in [2.45, 2.75) is 19.1 Å². The molecule has 1 N–H and O–H groups in total. The van der Waals surface area contributed by atoms with Gasteiger partial charge in [0.1, 0.15) is 0 Å². The molecule has 6 heteroatoms. The van der Waals surface area contributed by atoms with E-state index < -0.39 is 15.4 Å². The monoisotopic (exact) mass is 278 g/mol. The Kier molecular flexibility index (Phi) is 3.64. The minimum Gasteiger partial charge on any atom is -0.285 e. The zero-order valence-corrected chi connectivity index (χ0v) is 11.4. The lowest BCUT2D eigenvalue weighted by molar-refractivity contribution is 0.473. The Hall–Kier alpha value is -1.79. The van der Waals surface area contributed by atoms with E-state index in [4.69, 9.17) is 0 Å². The molecule has 0 saturated heterocycles. The van der Waals surface area contributed by atoms with E-state index in [2.05, 4.69) is 9.97 Å². The van der Waals surface area contributed by atoms with Gasteiger partial charge in [-0.25, -0.2) is 0 Å². The van der Waals surface area contributed by atoms with Crippen molar-refractivity contribution in [3.63, 3.8) is 0 Å². The van der Waals surface area contributed by atoms with Crippen molar-refractivity contribution in [2.24, 2.45) is 0 Å². The summed E-state index contributed by atoms with van der Waals surface area (Å²) in [6, 6.07) is 10.0. The van der Waals surface area contributed by atoms with Crippen molar-refractivity contribution in [3.8, 4) is 0 Å². The van der Waals surface area contributed by atoms with Gasteiger partial charge in [-0.15, -0.1) is 0 Å². The summed E-state index contributed by atoms with van der Waals surface area (Å²) in [4.78, 5) is 8.33. The Bertz CT molecular complexity index is 653. The fourth-order valence-electron chi connectivity index (χ4n) is 1.88. The van der Waals surface area contributed by atoms with Crippen LogP contribution in [0.15, 0.2) is 36.4 Å². The predicted octanol–water partition coefficient (Wildman–Crippen LogP) is 2.07. The third kappa shape index (κ3) is 3.15. The van der Waals surface area contributed by atoms with Crippen molar-refractivity contribution in [1.29, 1.82) is 0 Å². The number of nitrogens with zero attached hydrogens (tertiary/aromatic N) is 2.